The van der Waals surface area contributed by atoms with Crippen molar-refractivity contribution in [3.8, 4) is 5.75 Å². The van der Waals surface area contributed by atoms with Gasteiger partial charge in [0.15, 0.2) is 0 Å². The summed E-state index contributed by atoms with van der Waals surface area (Å²) >= 11 is 9.57. The Labute approximate surface area is 177 Å². The number of phenolic OH excluding ortho intramolecular Hbond substituents is 1. The van der Waals surface area contributed by atoms with Crippen LogP contribution in [0.4, 0.5) is 0 Å². The van der Waals surface area contributed by atoms with Gasteiger partial charge in [-0.3, -0.25) is 4.79 Å². The van der Waals surface area contributed by atoms with Gasteiger partial charge in [0, 0.05) is 15.1 Å². The highest BCUT2D eigenvalue weighted by Gasteiger charge is 2.06. The molecule has 2 N–H and O–H groups in total. The Bertz CT molecular complexity index is 1000. The third kappa shape index (κ3) is 5.68. The fourth-order valence-electron chi connectivity index (χ4n) is 2.68. The predicted molar refractivity (Wildman–Crippen MR) is 116 cm³/mol. The van der Waals surface area contributed by atoms with Crippen molar-refractivity contribution in [2.45, 2.75) is 12.8 Å². The second kappa shape index (κ2) is 9.53. The lowest BCUT2D eigenvalue weighted by Gasteiger charge is -2.07. The van der Waals surface area contributed by atoms with Crippen LogP contribution in [0.1, 0.15) is 22.3 Å². The Hall–Kier alpha value is -2.63. The summed E-state index contributed by atoms with van der Waals surface area (Å²) in [6.07, 6.45) is 2.30. The number of halogens is 2. The van der Waals surface area contributed by atoms with Crippen molar-refractivity contribution >= 4 is 39.7 Å². The van der Waals surface area contributed by atoms with Crippen LogP contribution in [0.2, 0.25) is 5.02 Å². The highest BCUT2D eigenvalue weighted by atomic mass is 79.9. The quantitative estimate of drug-likeness (QED) is 0.400. The molecule has 4 nitrogen and oxygen atoms in total. The van der Waals surface area contributed by atoms with E-state index < -0.39 is 0 Å². The molecule has 0 aliphatic heterocycles. The molecule has 3 aromatic carbocycles. The maximum Gasteiger partial charge on any atom is 0.244 e. The van der Waals surface area contributed by atoms with E-state index in [0.717, 1.165) is 21.2 Å². The van der Waals surface area contributed by atoms with Gasteiger partial charge in [-0.05, 0) is 53.4 Å². The smallest absolute Gasteiger partial charge is 0.244 e. The van der Waals surface area contributed by atoms with E-state index in [2.05, 4.69) is 26.5 Å². The lowest BCUT2D eigenvalue weighted by Crippen LogP contribution is -2.19. The molecule has 0 aromatic heterocycles. The molecule has 0 heterocycles. The van der Waals surface area contributed by atoms with Gasteiger partial charge in [0.05, 0.1) is 12.6 Å². The van der Waals surface area contributed by atoms with E-state index in [4.69, 9.17) is 11.6 Å². The zero-order valence-electron chi connectivity index (χ0n) is 14.9. The van der Waals surface area contributed by atoms with E-state index >= 15 is 0 Å². The Morgan fingerprint density at radius 2 is 1.79 bits per heavy atom. The first-order valence-electron chi connectivity index (χ1n) is 8.63. The summed E-state index contributed by atoms with van der Waals surface area (Å²) in [5, 5.41) is 14.7. The highest BCUT2D eigenvalue weighted by Crippen LogP contribution is 2.22. The van der Waals surface area contributed by atoms with Crippen molar-refractivity contribution in [1.82, 2.24) is 5.43 Å². The Morgan fingerprint density at radius 1 is 1.07 bits per heavy atom. The Morgan fingerprint density at radius 3 is 2.54 bits per heavy atom. The molecule has 0 aliphatic rings. The maximum absolute atomic E-state index is 12.0. The number of hydrazone groups is 1. The number of nitrogens with one attached hydrogen (secondary N) is 1. The van der Waals surface area contributed by atoms with Crippen LogP contribution in [-0.4, -0.2) is 17.2 Å². The lowest BCUT2D eigenvalue weighted by atomic mass is 10.0. The molecule has 0 fully saturated rings. The van der Waals surface area contributed by atoms with Gasteiger partial charge in [0.2, 0.25) is 5.91 Å². The number of rotatable bonds is 6. The standard InChI is InChI=1S/C22H18BrClN2O2/c23-19-8-5-15(6-9-19)13-22(28)26-25-14-18-12-16(7-10-21(18)27)11-17-3-1-2-4-20(17)24/h1-10,12,14,27H,11,13H2,(H,26,28)/b25-14-. The summed E-state index contributed by atoms with van der Waals surface area (Å²) in [6, 6.07) is 20.4. The molecular weight excluding hydrogens is 440 g/mol. The highest BCUT2D eigenvalue weighted by molar-refractivity contribution is 9.10. The molecule has 0 saturated heterocycles. The minimum absolute atomic E-state index is 0.0915. The average molecular weight is 458 g/mol. The van der Waals surface area contributed by atoms with Gasteiger partial charge in [0.25, 0.3) is 0 Å². The second-order valence-corrected chi connectivity index (χ2v) is 7.58. The molecule has 3 rings (SSSR count). The Kier molecular flexibility index (Phi) is 6.85. The number of carbonyl (C=O) groups excluding carboxylic acids is 1. The first kappa shape index (κ1) is 20.1. The SMILES string of the molecule is O=C(Cc1ccc(Br)cc1)N/N=C\c1cc(Cc2ccccc2Cl)ccc1O. The maximum atomic E-state index is 12.0. The van der Waals surface area contributed by atoms with Crippen LogP contribution in [0, 0.1) is 0 Å². The third-order valence-corrected chi connectivity index (χ3v) is 5.01. The molecule has 0 saturated carbocycles. The topological polar surface area (TPSA) is 61.7 Å². The van der Waals surface area contributed by atoms with Crippen LogP contribution >= 0.6 is 27.5 Å². The van der Waals surface area contributed by atoms with E-state index in [-0.39, 0.29) is 18.1 Å². The van der Waals surface area contributed by atoms with Crippen molar-refractivity contribution in [2.24, 2.45) is 5.10 Å². The summed E-state index contributed by atoms with van der Waals surface area (Å²) in [5.41, 5.74) is 5.88. The number of benzene rings is 3. The van der Waals surface area contributed by atoms with Gasteiger partial charge in [-0.15, -0.1) is 0 Å². The van der Waals surface area contributed by atoms with Crippen LogP contribution < -0.4 is 5.43 Å². The van der Waals surface area contributed by atoms with Crippen LogP contribution in [0.5, 0.6) is 5.75 Å². The monoisotopic (exact) mass is 456 g/mol. The van der Waals surface area contributed by atoms with Crippen molar-refractivity contribution in [3.63, 3.8) is 0 Å². The van der Waals surface area contributed by atoms with E-state index in [9.17, 15) is 9.90 Å². The van der Waals surface area contributed by atoms with Gasteiger partial charge < -0.3 is 5.11 Å². The fraction of sp³-hybridized carbons (Fsp3) is 0.0909. The molecule has 3 aromatic rings. The molecule has 142 valence electrons. The minimum atomic E-state index is -0.231. The molecule has 0 aliphatic carbocycles. The van der Waals surface area contributed by atoms with Crippen molar-refractivity contribution in [1.29, 1.82) is 0 Å². The van der Waals surface area contributed by atoms with Gasteiger partial charge in [-0.2, -0.15) is 5.10 Å². The largest absolute Gasteiger partial charge is 0.507 e. The summed E-state index contributed by atoms with van der Waals surface area (Å²) in [4.78, 5) is 12.0. The molecule has 28 heavy (non-hydrogen) atoms. The number of hydrogen-bond acceptors (Lipinski definition) is 3. The Balaban J connectivity index is 1.63. The molecule has 6 heteroatoms. The summed E-state index contributed by atoms with van der Waals surface area (Å²) in [5.74, 6) is -0.140. The molecule has 0 unspecified atom stereocenters. The zero-order valence-corrected chi connectivity index (χ0v) is 17.2. The third-order valence-electron chi connectivity index (χ3n) is 4.12. The van der Waals surface area contributed by atoms with Gasteiger partial charge >= 0.3 is 0 Å². The lowest BCUT2D eigenvalue weighted by molar-refractivity contribution is -0.120. The number of nitrogens with zero attached hydrogens (tertiary/aromatic N) is 1. The number of phenols is 1. The zero-order chi connectivity index (χ0) is 19.9. The molecule has 0 bridgehead atoms. The fourth-order valence-corrected chi connectivity index (χ4v) is 3.15. The van der Waals surface area contributed by atoms with Crippen LogP contribution in [-0.2, 0) is 17.6 Å². The van der Waals surface area contributed by atoms with E-state index in [1.165, 1.54) is 6.21 Å². The molecule has 1 amide bonds. The minimum Gasteiger partial charge on any atom is -0.507 e. The van der Waals surface area contributed by atoms with E-state index in [1.807, 2.05) is 60.7 Å². The summed E-state index contributed by atoms with van der Waals surface area (Å²) in [6.45, 7) is 0. The van der Waals surface area contributed by atoms with Crippen molar-refractivity contribution < 1.29 is 9.90 Å². The molecular formula is C22H18BrClN2O2. The number of hydrogen-bond donors (Lipinski definition) is 2. The van der Waals surface area contributed by atoms with Crippen molar-refractivity contribution in [3.05, 3.63) is 98.5 Å². The van der Waals surface area contributed by atoms with Gasteiger partial charge in [-0.25, -0.2) is 5.43 Å². The van der Waals surface area contributed by atoms with E-state index in [0.29, 0.717) is 17.0 Å². The second-order valence-electron chi connectivity index (χ2n) is 6.26. The molecule has 0 spiro atoms. The normalized spacial score (nSPS) is 10.9. The first-order chi connectivity index (χ1) is 13.5. The summed E-state index contributed by atoms with van der Waals surface area (Å²) < 4.78 is 0.960. The van der Waals surface area contributed by atoms with E-state index in [1.54, 1.807) is 6.07 Å². The number of amides is 1. The van der Waals surface area contributed by atoms with Gasteiger partial charge in [-0.1, -0.05) is 63.9 Å². The van der Waals surface area contributed by atoms with Crippen LogP contribution in [0.25, 0.3) is 0 Å². The number of aromatic hydroxyl groups is 1. The molecule has 0 radical (unpaired) electrons. The number of carbonyl (C=O) groups is 1. The predicted octanol–water partition coefficient (Wildman–Crippen LogP) is 5.09. The van der Waals surface area contributed by atoms with Gasteiger partial charge in [0.1, 0.15) is 5.75 Å². The molecule has 0 atom stereocenters. The van der Waals surface area contributed by atoms with Crippen LogP contribution in [0.3, 0.4) is 0 Å². The average Bonchev–Trinajstić information content (AvgIpc) is 2.68. The van der Waals surface area contributed by atoms with Crippen LogP contribution in [0.15, 0.2) is 76.3 Å². The van der Waals surface area contributed by atoms with Crippen molar-refractivity contribution in [2.75, 3.05) is 0 Å². The summed E-state index contributed by atoms with van der Waals surface area (Å²) in [7, 11) is 0. The first-order valence-corrected chi connectivity index (χ1v) is 9.80.